The molecule has 0 saturated heterocycles. The average Bonchev–Trinajstić information content (AvgIpc) is 2.75. The van der Waals surface area contributed by atoms with Gasteiger partial charge in [-0.2, -0.15) is 13.2 Å². The van der Waals surface area contributed by atoms with E-state index in [1.807, 2.05) is 0 Å². The maximum absolute atomic E-state index is 13.6. The molecule has 2 rings (SSSR count). The largest absolute Gasteiger partial charge is 0.419 e. The molecular weight excluding hydrogens is 274 g/mol. The topological polar surface area (TPSA) is 29.9 Å². The molecular formula is C13H13F4N3. The summed E-state index contributed by atoms with van der Waals surface area (Å²) in [5.74, 6) is -1.29. The Labute approximate surface area is 113 Å². The highest BCUT2D eigenvalue weighted by Crippen LogP contribution is 2.33. The van der Waals surface area contributed by atoms with Crippen LogP contribution in [0.3, 0.4) is 0 Å². The van der Waals surface area contributed by atoms with E-state index in [0.29, 0.717) is 11.3 Å². The number of aromatic nitrogens is 2. The summed E-state index contributed by atoms with van der Waals surface area (Å²) in [4.78, 5) is 4.12. The first-order valence-electron chi connectivity index (χ1n) is 5.84. The van der Waals surface area contributed by atoms with Crippen LogP contribution in [0.2, 0.25) is 0 Å². The molecule has 0 fully saturated rings. The number of hydrogen-bond acceptors (Lipinski definition) is 2. The van der Waals surface area contributed by atoms with Gasteiger partial charge in [-0.05, 0) is 24.7 Å². The van der Waals surface area contributed by atoms with Gasteiger partial charge in [-0.15, -0.1) is 0 Å². The van der Waals surface area contributed by atoms with Crippen LogP contribution in [0.5, 0.6) is 0 Å². The van der Waals surface area contributed by atoms with Gasteiger partial charge in [-0.25, -0.2) is 9.37 Å². The number of benzene rings is 1. The third-order valence-corrected chi connectivity index (χ3v) is 2.94. The quantitative estimate of drug-likeness (QED) is 0.880. The van der Waals surface area contributed by atoms with Gasteiger partial charge >= 0.3 is 6.18 Å². The third kappa shape index (κ3) is 2.82. The van der Waals surface area contributed by atoms with E-state index in [0.717, 1.165) is 12.1 Å². The Hall–Kier alpha value is -1.89. The number of alkyl halides is 3. The number of rotatable bonds is 3. The van der Waals surface area contributed by atoms with Gasteiger partial charge in [0.15, 0.2) is 0 Å². The molecule has 0 bridgehead atoms. The van der Waals surface area contributed by atoms with Gasteiger partial charge in [0.05, 0.1) is 23.6 Å². The highest BCUT2D eigenvalue weighted by Gasteiger charge is 2.34. The fourth-order valence-corrected chi connectivity index (χ4v) is 2.01. The summed E-state index contributed by atoms with van der Waals surface area (Å²) in [7, 11) is 3.41. The molecule has 2 aromatic rings. The number of aryl methyl sites for hydroxylation is 1. The zero-order valence-electron chi connectivity index (χ0n) is 10.9. The van der Waals surface area contributed by atoms with Gasteiger partial charge < -0.3 is 9.88 Å². The first kappa shape index (κ1) is 14.5. The molecule has 0 spiro atoms. The van der Waals surface area contributed by atoms with Crippen LogP contribution in [0.15, 0.2) is 30.7 Å². The third-order valence-electron chi connectivity index (χ3n) is 2.94. The lowest BCUT2D eigenvalue weighted by atomic mass is 10.0. The molecule has 20 heavy (non-hydrogen) atoms. The zero-order chi connectivity index (χ0) is 14.9. The van der Waals surface area contributed by atoms with Crippen molar-refractivity contribution in [2.24, 2.45) is 7.05 Å². The van der Waals surface area contributed by atoms with E-state index in [9.17, 15) is 17.6 Å². The van der Waals surface area contributed by atoms with Crippen LogP contribution in [0.25, 0.3) is 0 Å². The van der Waals surface area contributed by atoms with Gasteiger partial charge in [-0.3, -0.25) is 0 Å². The number of nitrogens with zero attached hydrogens (tertiary/aromatic N) is 2. The van der Waals surface area contributed by atoms with Crippen molar-refractivity contribution >= 4 is 0 Å². The summed E-state index contributed by atoms with van der Waals surface area (Å²) >= 11 is 0. The highest BCUT2D eigenvalue weighted by molar-refractivity contribution is 5.32. The predicted molar refractivity (Wildman–Crippen MR) is 65.5 cm³/mol. The Morgan fingerprint density at radius 2 is 2.00 bits per heavy atom. The lowest BCUT2D eigenvalue weighted by molar-refractivity contribution is -0.140. The lowest BCUT2D eigenvalue weighted by Gasteiger charge is -2.16. The average molecular weight is 287 g/mol. The number of halogens is 4. The summed E-state index contributed by atoms with van der Waals surface area (Å²) in [6.45, 7) is 0. The molecule has 0 amide bonds. The molecule has 3 nitrogen and oxygen atoms in total. The number of hydrogen-bond donors (Lipinski definition) is 1. The molecule has 1 aromatic carbocycles. The fourth-order valence-electron chi connectivity index (χ4n) is 2.01. The zero-order valence-corrected chi connectivity index (χ0v) is 10.9. The van der Waals surface area contributed by atoms with E-state index in [4.69, 9.17) is 0 Å². The maximum Gasteiger partial charge on any atom is 0.419 e. The van der Waals surface area contributed by atoms with Crippen LogP contribution >= 0.6 is 0 Å². The second kappa shape index (κ2) is 5.24. The minimum atomic E-state index is -4.69. The van der Waals surface area contributed by atoms with Gasteiger partial charge in [0.1, 0.15) is 5.82 Å². The Balaban J connectivity index is 2.39. The van der Waals surface area contributed by atoms with Gasteiger partial charge in [0.2, 0.25) is 0 Å². The van der Waals surface area contributed by atoms with E-state index in [2.05, 4.69) is 10.3 Å². The normalized spacial score (nSPS) is 13.5. The summed E-state index contributed by atoms with van der Waals surface area (Å²) in [5, 5.41) is 2.91. The van der Waals surface area contributed by atoms with Gasteiger partial charge in [-0.1, -0.05) is 6.07 Å². The second-order valence-corrected chi connectivity index (χ2v) is 4.42. The Morgan fingerprint density at radius 1 is 1.30 bits per heavy atom. The minimum Gasteiger partial charge on any atom is -0.340 e. The van der Waals surface area contributed by atoms with E-state index < -0.39 is 23.6 Å². The molecule has 108 valence electrons. The fraction of sp³-hybridized carbons (Fsp3) is 0.308. The molecule has 1 atom stereocenters. The molecule has 1 heterocycles. The molecule has 0 aliphatic heterocycles. The SMILES string of the molecule is CNC(c1ccc(C(F)(F)F)c(F)c1)c1cn(C)cn1. The van der Waals surface area contributed by atoms with Crippen molar-refractivity contribution in [2.45, 2.75) is 12.2 Å². The first-order chi connectivity index (χ1) is 9.32. The summed E-state index contributed by atoms with van der Waals surface area (Å²) in [5.41, 5.74) is -0.275. The Bertz CT molecular complexity index is 604. The smallest absolute Gasteiger partial charge is 0.340 e. The monoisotopic (exact) mass is 287 g/mol. The van der Waals surface area contributed by atoms with Gasteiger partial charge in [0, 0.05) is 13.2 Å². The maximum atomic E-state index is 13.6. The Morgan fingerprint density at radius 3 is 2.45 bits per heavy atom. The van der Waals surface area contributed by atoms with Crippen molar-refractivity contribution in [1.82, 2.24) is 14.9 Å². The van der Waals surface area contributed by atoms with Crippen molar-refractivity contribution in [3.05, 3.63) is 53.4 Å². The van der Waals surface area contributed by atoms with Crippen LogP contribution in [0.4, 0.5) is 17.6 Å². The molecule has 1 N–H and O–H groups in total. The predicted octanol–water partition coefficient (Wildman–Crippen LogP) is 2.89. The minimum absolute atomic E-state index is 0.386. The standard InChI is InChI=1S/C13H13F4N3/c1-18-12(11-6-20(2)7-19-11)8-3-4-9(10(14)5-8)13(15,16)17/h3-7,12,18H,1-2H3. The molecule has 1 unspecified atom stereocenters. The van der Waals surface area contributed by atoms with Crippen LogP contribution < -0.4 is 5.32 Å². The van der Waals surface area contributed by atoms with Crippen molar-refractivity contribution in [2.75, 3.05) is 7.05 Å². The van der Waals surface area contributed by atoms with E-state index in [1.165, 1.54) is 6.07 Å². The molecule has 7 heteroatoms. The molecule has 1 aromatic heterocycles. The summed E-state index contributed by atoms with van der Waals surface area (Å²) in [6, 6.07) is 2.42. The summed E-state index contributed by atoms with van der Waals surface area (Å²) in [6.07, 6.45) is -1.40. The molecule has 0 aliphatic rings. The van der Waals surface area contributed by atoms with E-state index in [1.54, 1.807) is 31.2 Å². The first-order valence-corrected chi connectivity index (χ1v) is 5.84. The molecule has 0 radical (unpaired) electrons. The van der Waals surface area contributed by atoms with Crippen molar-refractivity contribution in [3.8, 4) is 0 Å². The highest BCUT2D eigenvalue weighted by atomic mass is 19.4. The van der Waals surface area contributed by atoms with Crippen molar-refractivity contribution in [1.29, 1.82) is 0 Å². The van der Waals surface area contributed by atoms with E-state index >= 15 is 0 Å². The second-order valence-electron chi connectivity index (χ2n) is 4.42. The molecule has 0 aliphatic carbocycles. The van der Waals surface area contributed by atoms with Crippen LogP contribution in [-0.4, -0.2) is 16.6 Å². The van der Waals surface area contributed by atoms with Gasteiger partial charge in [0.25, 0.3) is 0 Å². The molecule has 0 saturated carbocycles. The summed E-state index contributed by atoms with van der Waals surface area (Å²) < 4.78 is 52.9. The Kier molecular flexibility index (Phi) is 3.80. The van der Waals surface area contributed by atoms with Crippen LogP contribution in [0, 0.1) is 5.82 Å². The lowest BCUT2D eigenvalue weighted by Crippen LogP contribution is -2.19. The number of nitrogens with one attached hydrogen (secondary N) is 1. The van der Waals surface area contributed by atoms with Crippen molar-refractivity contribution < 1.29 is 17.6 Å². The van der Waals surface area contributed by atoms with E-state index in [-0.39, 0.29) is 0 Å². The van der Waals surface area contributed by atoms with Crippen LogP contribution in [0.1, 0.15) is 22.9 Å². The number of imidazole rings is 1. The van der Waals surface area contributed by atoms with Crippen molar-refractivity contribution in [3.63, 3.8) is 0 Å². The van der Waals surface area contributed by atoms with Crippen LogP contribution in [-0.2, 0) is 13.2 Å².